The zero-order valence-electron chi connectivity index (χ0n) is 17.0. The molecule has 0 spiro atoms. The summed E-state index contributed by atoms with van der Waals surface area (Å²) in [6, 6.07) is 0.427. The minimum Gasteiger partial charge on any atom is -0.358 e. The third kappa shape index (κ3) is 11.2. The third-order valence-corrected chi connectivity index (χ3v) is 4.56. The van der Waals surface area contributed by atoms with Gasteiger partial charge in [-0.25, -0.2) is 0 Å². The molecule has 0 bridgehead atoms. The SMILES string of the molecule is CCCCN(C)CCN=C(NCC)NC1CCN(CC(=O)NC)CC1.I. The maximum atomic E-state index is 11.5. The third-order valence-electron chi connectivity index (χ3n) is 4.56. The Morgan fingerprint density at radius 2 is 1.92 bits per heavy atom. The van der Waals surface area contributed by atoms with Crippen molar-refractivity contribution in [1.82, 2.24) is 25.8 Å². The number of nitrogens with zero attached hydrogens (tertiary/aromatic N) is 3. The van der Waals surface area contributed by atoms with Crippen LogP contribution in [0.4, 0.5) is 0 Å². The molecule has 1 rings (SSSR count). The number of carbonyl (C=O) groups excluding carboxylic acids is 1. The van der Waals surface area contributed by atoms with Crippen molar-refractivity contribution >= 4 is 35.8 Å². The zero-order chi connectivity index (χ0) is 18.5. The topological polar surface area (TPSA) is 72.0 Å². The standard InChI is InChI=1S/C18H38N6O.HI/c1-5-7-11-23(4)14-10-21-18(20-6-2)22-16-8-12-24(13-9-16)15-17(25)19-3;/h16H,5-15H2,1-4H3,(H,19,25)(H2,20,21,22);1H. The van der Waals surface area contributed by atoms with Crippen LogP contribution in [0.25, 0.3) is 0 Å². The number of hydrogen-bond acceptors (Lipinski definition) is 4. The summed E-state index contributed by atoms with van der Waals surface area (Å²) in [5.41, 5.74) is 0. The number of halogens is 1. The summed E-state index contributed by atoms with van der Waals surface area (Å²) in [5, 5.41) is 9.58. The Balaban J connectivity index is 0.00000625. The Morgan fingerprint density at radius 3 is 2.50 bits per heavy atom. The lowest BCUT2D eigenvalue weighted by molar-refractivity contribution is -0.122. The van der Waals surface area contributed by atoms with Gasteiger partial charge in [0.1, 0.15) is 0 Å². The first kappa shape index (κ1) is 25.4. The van der Waals surface area contributed by atoms with Crippen LogP contribution in [0.1, 0.15) is 39.5 Å². The number of carbonyl (C=O) groups is 1. The molecule has 0 aromatic carbocycles. The normalized spacial score (nSPS) is 16.3. The first-order valence-corrected chi connectivity index (χ1v) is 9.75. The lowest BCUT2D eigenvalue weighted by atomic mass is 10.1. The largest absolute Gasteiger partial charge is 0.358 e. The highest BCUT2D eigenvalue weighted by Gasteiger charge is 2.21. The molecule has 26 heavy (non-hydrogen) atoms. The van der Waals surface area contributed by atoms with Crippen molar-refractivity contribution in [1.29, 1.82) is 0 Å². The monoisotopic (exact) mass is 482 g/mol. The number of unbranched alkanes of at least 4 members (excludes halogenated alkanes) is 1. The molecule has 1 fully saturated rings. The van der Waals surface area contributed by atoms with Gasteiger partial charge in [0.25, 0.3) is 0 Å². The van der Waals surface area contributed by atoms with Crippen molar-refractivity contribution < 1.29 is 4.79 Å². The van der Waals surface area contributed by atoms with Crippen molar-refractivity contribution in [2.75, 3.05) is 59.9 Å². The van der Waals surface area contributed by atoms with E-state index in [2.05, 4.69) is 46.6 Å². The Hall–Kier alpha value is -0.610. The number of nitrogens with one attached hydrogen (secondary N) is 3. The molecule has 1 aliphatic heterocycles. The van der Waals surface area contributed by atoms with Gasteiger partial charge in [-0.2, -0.15) is 0 Å². The van der Waals surface area contributed by atoms with Crippen LogP contribution in [0, 0.1) is 0 Å². The molecule has 7 nitrogen and oxygen atoms in total. The van der Waals surface area contributed by atoms with Gasteiger partial charge in [-0.3, -0.25) is 14.7 Å². The summed E-state index contributed by atoms with van der Waals surface area (Å²) < 4.78 is 0. The number of likely N-dealkylation sites (tertiary alicyclic amines) is 1. The zero-order valence-corrected chi connectivity index (χ0v) is 19.3. The second kappa shape index (κ2) is 15.4. The number of hydrogen-bond donors (Lipinski definition) is 3. The number of guanidine groups is 1. The van der Waals surface area contributed by atoms with Crippen molar-refractivity contribution in [3.63, 3.8) is 0 Å². The van der Waals surface area contributed by atoms with Crippen LogP contribution in [-0.4, -0.2) is 87.6 Å². The van der Waals surface area contributed by atoms with Crippen LogP contribution in [-0.2, 0) is 4.79 Å². The molecule has 1 aliphatic rings. The van der Waals surface area contributed by atoms with Crippen molar-refractivity contribution in [2.24, 2.45) is 4.99 Å². The molecule has 0 radical (unpaired) electrons. The number of piperidine rings is 1. The predicted octanol–water partition coefficient (Wildman–Crippen LogP) is 1.10. The molecule has 0 saturated carbocycles. The maximum absolute atomic E-state index is 11.5. The molecule has 1 heterocycles. The van der Waals surface area contributed by atoms with Crippen LogP contribution in [0.5, 0.6) is 0 Å². The average molecular weight is 482 g/mol. The van der Waals surface area contributed by atoms with E-state index in [0.717, 1.165) is 58.1 Å². The van der Waals surface area contributed by atoms with Crippen LogP contribution in [0.15, 0.2) is 4.99 Å². The molecule has 8 heteroatoms. The van der Waals surface area contributed by atoms with Gasteiger partial charge < -0.3 is 20.9 Å². The van der Waals surface area contributed by atoms with Crippen LogP contribution in [0.2, 0.25) is 0 Å². The maximum Gasteiger partial charge on any atom is 0.233 e. The van der Waals surface area contributed by atoms with E-state index < -0.39 is 0 Å². The summed E-state index contributed by atoms with van der Waals surface area (Å²) in [4.78, 5) is 20.7. The summed E-state index contributed by atoms with van der Waals surface area (Å²) in [6.07, 6.45) is 4.55. The van der Waals surface area contributed by atoms with Gasteiger partial charge in [0.05, 0.1) is 13.1 Å². The lowest BCUT2D eigenvalue weighted by Gasteiger charge is -2.32. The fourth-order valence-corrected chi connectivity index (χ4v) is 2.90. The van der Waals surface area contributed by atoms with Gasteiger partial charge in [-0.15, -0.1) is 24.0 Å². The Morgan fingerprint density at radius 1 is 1.23 bits per heavy atom. The summed E-state index contributed by atoms with van der Waals surface area (Å²) >= 11 is 0. The van der Waals surface area contributed by atoms with E-state index in [1.54, 1.807) is 7.05 Å². The average Bonchev–Trinajstić information content (AvgIpc) is 2.61. The van der Waals surface area contributed by atoms with Crippen LogP contribution in [0.3, 0.4) is 0 Å². The molecule has 154 valence electrons. The van der Waals surface area contributed by atoms with Gasteiger partial charge in [0.2, 0.25) is 5.91 Å². The second-order valence-corrected chi connectivity index (χ2v) is 6.79. The lowest BCUT2D eigenvalue weighted by Crippen LogP contribution is -2.50. The molecular weight excluding hydrogens is 443 g/mol. The predicted molar refractivity (Wildman–Crippen MR) is 120 cm³/mol. The van der Waals surface area contributed by atoms with Crippen LogP contribution >= 0.6 is 24.0 Å². The second-order valence-electron chi connectivity index (χ2n) is 6.79. The van der Waals surface area contributed by atoms with Gasteiger partial charge in [0.15, 0.2) is 5.96 Å². The van der Waals surface area contributed by atoms with Crippen molar-refractivity contribution in [3.8, 4) is 0 Å². The molecule has 0 aromatic heterocycles. The van der Waals surface area contributed by atoms with E-state index in [-0.39, 0.29) is 29.9 Å². The smallest absolute Gasteiger partial charge is 0.233 e. The number of likely N-dealkylation sites (N-methyl/N-ethyl adjacent to an activating group) is 2. The molecule has 1 amide bonds. The highest BCUT2D eigenvalue weighted by atomic mass is 127. The molecule has 3 N–H and O–H groups in total. The summed E-state index contributed by atoms with van der Waals surface area (Å²) in [5.74, 6) is 1.00. The summed E-state index contributed by atoms with van der Waals surface area (Å²) in [7, 11) is 3.85. The Labute approximate surface area is 176 Å². The first-order chi connectivity index (χ1) is 12.1. The molecule has 0 aromatic rings. The first-order valence-electron chi connectivity index (χ1n) is 9.75. The molecular formula is C18H39IN6O. The van der Waals surface area contributed by atoms with E-state index in [4.69, 9.17) is 4.99 Å². The fraction of sp³-hybridized carbons (Fsp3) is 0.889. The summed E-state index contributed by atoms with van der Waals surface area (Å²) in [6.45, 7) is 10.5. The number of amides is 1. The fourth-order valence-electron chi connectivity index (χ4n) is 2.90. The van der Waals surface area contributed by atoms with Crippen LogP contribution < -0.4 is 16.0 Å². The molecule has 0 atom stereocenters. The molecule has 0 aliphatic carbocycles. The molecule has 1 saturated heterocycles. The van der Waals surface area contributed by atoms with Gasteiger partial charge in [0, 0.05) is 39.3 Å². The minimum atomic E-state index is 0. The Kier molecular flexibility index (Phi) is 15.1. The minimum absolute atomic E-state index is 0. The van der Waals surface area contributed by atoms with Crippen molar-refractivity contribution in [2.45, 2.75) is 45.6 Å². The Bertz CT molecular complexity index is 399. The quantitative estimate of drug-likeness (QED) is 0.247. The van der Waals surface area contributed by atoms with E-state index in [1.807, 2.05) is 0 Å². The van der Waals surface area contributed by atoms with E-state index in [1.165, 1.54) is 12.8 Å². The van der Waals surface area contributed by atoms with Gasteiger partial charge in [-0.05, 0) is 39.8 Å². The molecule has 0 unspecified atom stereocenters. The number of aliphatic imine (C=N–C) groups is 1. The highest BCUT2D eigenvalue weighted by Crippen LogP contribution is 2.09. The van der Waals surface area contributed by atoms with Gasteiger partial charge in [-0.1, -0.05) is 13.3 Å². The van der Waals surface area contributed by atoms with E-state index in [0.29, 0.717) is 12.6 Å². The van der Waals surface area contributed by atoms with Crippen molar-refractivity contribution in [3.05, 3.63) is 0 Å². The van der Waals surface area contributed by atoms with Gasteiger partial charge >= 0.3 is 0 Å². The highest BCUT2D eigenvalue weighted by molar-refractivity contribution is 14.0. The van der Waals surface area contributed by atoms with E-state index in [9.17, 15) is 4.79 Å². The van der Waals surface area contributed by atoms with E-state index >= 15 is 0 Å². The number of rotatable bonds is 10.